The van der Waals surface area contributed by atoms with E-state index in [4.69, 9.17) is 4.74 Å². The number of para-hydroxylation sites is 1. The van der Waals surface area contributed by atoms with Gasteiger partial charge < -0.3 is 15.0 Å². The largest absolute Gasteiger partial charge is 0.455 e. The summed E-state index contributed by atoms with van der Waals surface area (Å²) in [7, 11) is 0. The molecule has 1 aliphatic rings. The Balaban J connectivity index is 1.49. The van der Waals surface area contributed by atoms with Crippen molar-refractivity contribution in [2.45, 2.75) is 13.3 Å². The van der Waals surface area contributed by atoms with E-state index in [1.54, 1.807) is 41.3 Å². The van der Waals surface area contributed by atoms with Crippen molar-refractivity contribution in [3.63, 3.8) is 0 Å². The zero-order valence-electron chi connectivity index (χ0n) is 15.4. The zero-order valence-corrected chi connectivity index (χ0v) is 15.4. The first kappa shape index (κ1) is 19.3. The summed E-state index contributed by atoms with van der Waals surface area (Å²) in [6.45, 7) is 1.25. The molecule has 1 aliphatic heterocycles. The maximum absolute atomic E-state index is 12.2. The molecular formula is C21H20N2O5. The molecule has 144 valence electrons. The van der Waals surface area contributed by atoms with Gasteiger partial charge in [0.25, 0.3) is 5.91 Å². The molecule has 3 rings (SSSR count). The van der Waals surface area contributed by atoms with Crippen LogP contribution >= 0.6 is 0 Å². The van der Waals surface area contributed by atoms with Crippen molar-refractivity contribution < 1.29 is 23.9 Å². The Hall–Kier alpha value is -3.48. The molecule has 0 aromatic heterocycles. The fourth-order valence-corrected chi connectivity index (χ4v) is 2.96. The molecule has 0 spiro atoms. The van der Waals surface area contributed by atoms with Crippen LogP contribution in [-0.4, -0.2) is 36.7 Å². The number of Topliss-reactive ketones (excluding diaryl/α,β-unsaturated/α-hetero) is 1. The second-order valence-corrected chi connectivity index (χ2v) is 6.53. The summed E-state index contributed by atoms with van der Waals surface area (Å²) in [5.74, 6) is -1.89. The van der Waals surface area contributed by atoms with Crippen LogP contribution in [0.4, 0.5) is 11.4 Å². The van der Waals surface area contributed by atoms with Crippen LogP contribution < -0.4 is 10.2 Å². The molecule has 7 nitrogen and oxygen atoms in total. The fourth-order valence-electron chi connectivity index (χ4n) is 2.96. The molecule has 0 bridgehead atoms. The van der Waals surface area contributed by atoms with Crippen LogP contribution in [0.1, 0.15) is 23.7 Å². The van der Waals surface area contributed by atoms with Crippen LogP contribution in [0.2, 0.25) is 0 Å². The van der Waals surface area contributed by atoms with Crippen molar-refractivity contribution in [3.05, 3.63) is 60.2 Å². The topological polar surface area (TPSA) is 92.8 Å². The number of carbonyl (C=O) groups excluding carboxylic acids is 4. The zero-order chi connectivity index (χ0) is 20.1. The first-order chi connectivity index (χ1) is 13.4. The number of nitrogens with one attached hydrogen (secondary N) is 1. The van der Waals surface area contributed by atoms with Gasteiger partial charge in [-0.15, -0.1) is 0 Å². The molecule has 1 heterocycles. The van der Waals surface area contributed by atoms with Crippen molar-refractivity contribution >= 4 is 34.9 Å². The molecule has 1 saturated heterocycles. The van der Waals surface area contributed by atoms with Crippen LogP contribution in [0, 0.1) is 5.92 Å². The van der Waals surface area contributed by atoms with Crippen molar-refractivity contribution in [3.8, 4) is 0 Å². The Morgan fingerprint density at radius 3 is 2.39 bits per heavy atom. The quantitative estimate of drug-likeness (QED) is 0.614. The number of anilines is 2. The number of carbonyl (C=O) groups is 4. The van der Waals surface area contributed by atoms with E-state index in [0.29, 0.717) is 11.3 Å². The summed E-state index contributed by atoms with van der Waals surface area (Å²) < 4.78 is 5.07. The Bertz CT molecular complexity index is 893. The normalized spacial score (nSPS) is 16.0. The van der Waals surface area contributed by atoms with Gasteiger partial charge in [-0.25, -0.2) is 0 Å². The molecule has 0 saturated carbocycles. The van der Waals surface area contributed by atoms with Gasteiger partial charge in [0.2, 0.25) is 5.91 Å². The molecule has 2 aromatic carbocycles. The van der Waals surface area contributed by atoms with Crippen molar-refractivity contribution in [2.75, 3.05) is 23.4 Å². The third-order valence-corrected chi connectivity index (χ3v) is 4.45. The summed E-state index contributed by atoms with van der Waals surface area (Å²) in [4.78, 5) is 49.1. The van der Waals surface area contributed by atoms with Gasteiger partial charge in [0.15, 0.2) is 12.4 Å². The average Bonchev–Trinajstić information content (AvgIpc) is 3.09. The lowest BCUT2D eigenvalue weighted by atomic mass is 10.1. The van der Waals surface area contributed by atoms with E-state index in [9.17, 15) is 19.2 Å². The highest BCUT2D eigenvalue weighted by Gasteiger charge is 2.36. The van der Waals surface area contributed by atoms with E-state index in [1.165, 1.54) is 6.92 Å². The van der Waals surface area contributed by atoms with Crippen LogP contribution in [0.25, 0.3) is 0 Å². The summed E-state index contributed by atoms with van der Waals surface area (Å²) in [5.41, 5.74) is 1.77. The predicted octanol–water partition coefficient (Wildman–Crippen LogP) is 2.42. The lowest BCUT2D eigenvalue weighted by Crippen LogP contribution is -2.28. The number of ether oxygens (including phenoxy) is 1. The van der Waals surface area contributed by atoms with E-state index in [0.717, 1.165) is 5.69 Å². The molecule has 1 N–H and O–H groups in total. The fraction of sp³-hybridized carbons (Fsp3) is 0.238. The number of hydrogen-bond acceptors (Lipinski definition) is 5. The van der Waals surface area contributed by atoms with Gasteiger partial charge >= 0.3 is 5.97 Å². The highest BCUT2D eigenvalue weighted by molar-refractivity contribution is 6.00. The van der Waals surface area contributed by atoms with Crippen LogP contribution in [-0.2, 0) is 19.1 Å². The number of esters is 1. The Kier molecular flexibility index (Phi) is 5.84. The lowest BCUT2D eigenvalue weighted by Gasteiger charge is -2.16. The lowest BCUT2D eigenvalue weighted by molar-refractivity contribution is -0.151. The second kappa shape index (κ2) is 8.47. The van der Waals surface area contributed by atoms with E-state index in [1.807, 2.05) is 18.2 Å². The first-order valence-electron chi connectivity index (χ1n) is 8.87. The third kappa shape index (κ3) is 4.62. The molecule has 1 atom stereocenters. The summed E-state index contributed by atoms with van der Waals surface area (Å²) in [6.07, 6.45) is 0.0574. The van der Waals surface area contributed by atoms with Gasteiger partial charge in [-0.1, -0.05) is 18.2 Å². The highest BCUT2D eigenvalue weighted by atomic mass is 16.5. The van der Waals surface area contributed by atoms with Crippen LogP contribution in [0.15, 0.2) is 54.6 Å². The van der Waals surface area contributed by atoms with Gasteiger partial charge in [-0.3, -0.25) is 19.2 Å². The van der Waals surface area contributed by atoms with E-state index < -0.39 is 24.4 Å². The third-order valence-electron chi connectivity index (χ3n) is 4.45. The van der Waals surface area contributed by atoms with Gasteiger partial charge in [0, 0.05) is 29.9 Å². The number of amides is 2. The minimum Gasteiger partial charge on any atom is -0.455 e. The minimum absolute atomic E-state index is 0.0574. The summed E-state index contributed by atoms with van der Waals surface area (Å²) in [5, 5.41) is 2.59. The molecule has 2 aromatic rings. The van der Waals surface area contributed by atoms with Crippen LogP contribution in [0.5, 0.6) is 0 Å². The van der Waals surface area contributed by atoms with Crippen molar-refractivity contribution in [1.82, 2.24) is 0 Å². The molecule has 0 unspecified atom stereocenters. The number of rotatable bonds is 6. The van der Waals surface area contributed by atoms with Crippen molar-refractivity contribution in [2.24, 2.45) is 5.92 Å². The molecular weight excluding hydrogens is 360 g/mol. The maximum Gasteiger partial charge on any atom is 0.311 e. The van der Waals surface area contributed by atoms with E-state index in [-0.39, 0.29) is 24.7 Å². The molecule has 28 heavy (non-hydrogen) atoms. The Morgan fingerprint density at radius 1 is 1.07 bits per heavy atom. The smallest absolute Gasteiger partial charge is 0.311 e. The molecule has 0 aliphatic carbocycles. The van der Waals surface area contributed by atoms with E-state index >= 15 is 0 Å². The van der Waals surface area contributed by atoms with Gasteiger partial charge in [-0.2, -0.15) is 0 Å². The molecule has 1 fully saturated rings. The summed E-state index contributed by atoms with van der Waals surface area (Å²) in [6, 6.07) is 15.5. The minimum atomic E-state index is -0.602. The summed E-state index contributed by atoms with van der Waals surface area (Å²) >= 11 is 0. The molecule has 7 heteroatoms. The monoisotopic (exact) mass is 380 g/mol. The average molecular weight is 380 g/mol. The Morgan fingerprint density at radius 2 is 1.75 bits per heavy atom. The van der Waals surface area contributed by atoms with E-state index in [2.05, 4.69) is 5.32 Å². The molecule has 0 radical (unpaired) electrons. The Labute approximate surface area is 162 Å². The SMILES string of the molecule is CC(=O)c1ccc(NC(=O)COC(=O)[C@H]2CC(=O)N(c3ccccc3)C2)cc1. The van der Waals surface area contributed by atoms with Crippen LogP contribution in [0.3, 0.4) is 0 Å². The van der Waals surface area contributed by atoms with Gasteiger partial charge in [-0.05, 0) is 43.3 Å². The van der Waals surface area contributed by atoms with Gasteiger partial charge in [0.1, 0.15) is 0 Å². The van der Waals surface area contributed by atoms with Gasteiger partial charge in [0.05, 0.1) is 5.92 Å². The first-order valence-corrected chi connectivity index (χ1v) is 8.87. The molecule has 2 amide bonds. The standard InChI is InChI=1S/C21H20N2O5/c1-14(24)15-7-9-17(10-8-15)22-19(25)13-28-21(27)16-11-20(26)23(12-16)18-5-3-2-4-6-18/h2-10,16H,11-13H2,1H3,(H,22,25)/t16-/m0/s1. The predicted molar refractivity (Wildman–Crippen MR) is 103 cm³/mol. The maximum atomic E-state index is 12.2. The number of benzene rings is 2. The number of nitrogens with zero attached hydrogens (tertiary/aromatic N) is 1. The number of ketones is 1. The van der Waals surface area contributed by atoms with Crippen molar-refractivity contribution in [1.29, 1.82) is 0 Å². The second-order valence-electron chi connectivity index (χ2n) is 6.53. The number of hydrogen-bond donors (Lipinski definition) is 1. The highest BCUT2D eigenvalue weighted by Crippen LogP contribution is 2.25.